The van der Waals surface area contributed by atoms with Gasteiger partial charge >= 0.3 is 0 Å². The smallest absolute Gasteiger partial charge is 0.137 e. The first-order chi connectivity index (χ1) is 10.7. The maximum absolute atomic E-state index is 6.12. The third-order valence-corrected chi connectivity index (χ3v) is 3.92. The lowest BCUT2D eigenvalue weighted by Gasteiger charge is -2.13. The molecule has 3 nitrogen and oxygen atoms in total. The summed E-state index contributed by atoms with van der Waals surface area (Å²) in [7, 11) is 0. The molecule has 0 N–H and O–H groups in total. The Kier molecular flexibility index (Phi) is 4.34. The number of aromatic nitrogens is 2. The number of hydrogen-bond acceptors (Lipinski definition) is 2. The van der Waals surface area contributed by atoms with Gasteiger partial charge in [0.15, 0.2) is 0 Å². The van der Waals surface area contributed by atoms with Crippen molar-refractivity contribution in [3.63, 3.8) is 0 Å². The van der Waals surface area contributed by atoms with E-state index >= 15 is 0 Å². The third-order valence-electron chi connectivity index (χ3n) is 3.61. The highest BCUT2D eigenvalue weighted by molar-refractivity contribution is 6.32. The van der Waals surface area contributed by atoms with Gasteiger partial charge in [0, 0.05) is 5.92 Å². The lowest BCUT2D eigenvalue weighted by molar-refractivity contribution is 0.298. The molecule has 0 aliphatic heterocycles. The van der Waals surface area contributed by atoms with Gasteiger partial charge in [-0.05, 0) is 24.3 Å². The van der Waals surface area contributed by atoms with Gasteiger partial charge in [0.2, 0.25) is 0 Å². The number of halogens is 1. The highest BCUT2D eigenvalue weighted by Crippen LogP contribution is 2.24. The summed E-state index contributed by atoms with van der Waals surface area (Å²) < 4.78 is 8.05. The van der Waals surface area contributed by atoms with Gasteiger partial charge in [-0.1, -0.05) is 49.7 Å². The standard InChI is InChI=1S/C18H19ClN2O/c1-13(2)18-20-15-8-4-5-9-16(15)21(18)11-12-22-17-10-6-3-7-14(17)19/h3-10,13H,11-12H2,1-2H3. The molecule has 22 heavy (non-hydrogen) atoms. The van der Waals surface area contributed by atoms with Gasteiger partial charge in [-0.25, -0.2) is 4.98 Å². The van der Waals surface area contributed by atoms with Crippen LogP contribution in [0.3, 0.4) is 0 Å². The molecule has 3 aromatic rings. The van der Waals surface area contributed by atoms with Crippen LogP contribution in [-0.4, -0.2) is 16.2 Å². The van der Waals surface area contributed by atoms with E-state index in [0.717, 1.165) is 29.2 Å². The zero-order valence-electron chi connectivity index (χ0n) is 12.8. The monoisotopic (exact) mass is 314 g/mol. The maximum atomic E-state index is 6.12. The Morgan fingerprint density at radius 3 is 2.59 bits per heavy atom. The maximum Gasteiger partial charge on any atom is 0.137 e. The normalized spacial score (nSPS) is 11.3. The second-order valence-electron chi connectivity index (χ2n) is 5.54. The molecule has 114 valence electrons. The fourth-order valence-corrected chi connectivity index (χ4v) is 2.77. The number of rotatable bonds is 5. The van der Waals surface area contributed by atoms with Gasteiger partial charge in [0.25, 0.3) is 0 Å². The van der Waals surface area contributed by atoms with Crippen LogP contribution >= 0.6 is 11.6 Å². The lowest BCUT2D eigenvalue weighted by atomic mass is 10.2. The SMILES string of the molecule is CC(C)c1nc2ccccc2n1CCOc1ccccc1Cl. The minimum absolute atomic E-state index is 0.368. The second kappa shape index (κ2) is 6.41. The van der Waals surface area contributed by atoms with Crippen molar-refractivity contribution in [1.82, 2.24) is 9.55 Å². The van der Waals surface area contributed by atoms with Crippen LogP contribution in [0.1, 0.15) is 25.6 Å². The average molecular weight is 315 g/mol. The van der Waals surface area contributed by atoms with E-state index in [2.05, 4.69) is 24.5 Å². The Hall–Kier alpha value is -2.00. The van der Waals surface area contributed by atoms with E-state index in [9.17, 15) is 0 Å². The summed E-state index contributed by atoms with van der Waals surface area (Å²) in [5, 5.41) is 0.641. The van der Waals surface area contributed by atoms with Crippen molar-refractivity contribution >= 4 is 22.6 Å². The van der Waals surface area contributed by atoms with Crippen molar-refractivity contribution in [2.24, 2.45) is 0 Å². The predicted octanol–water partition coefficient (Wildman–Crippen LogP) is 4.89. The Labute approximate surface area is 135 Å². The molecule has 1 aromatic heterocycles. The van der Waals surface area contributed by atoms with E-state index in [4.69, 9.17) is 21.3 Å². The number of benzene rings is 2. The van der Waals surface area contributed by atoms with Crippen LogP contribution in [0.4, 0.5) is 0 Å². The van der Waals surface area contributed by atoms with Crippen molar-refractivity contribution in [3.05, 3.63) is 59.4 Å². The predicted molar refractivity (Wildman–Crippen MR) is 90.8 cm³/mol. The summed E-state index contributed by atoms with van der Waals surface area (Å²) in [6.45, 7) is 5.63. The van der Waals surface area contributed by atoms with E-state index in [1.54, 1.807) is 0 Å². The topological polar surface area (TPSA) is 27.1 Å². The van der Waals surface area contributed by atoms with Crippen molar-refractivity contribution in [2.45, 2.75) is 26.3 Å². The molecule has 0 saturated heterocycles. The Morgan fingerprint density at radius 2 is 1.82 bits per heavy atom. The Morgan fingerprint density at radius 1 is 1.09 bits per heavy atom. The Balaban J connectivity index is 1.81. The first kappa shape index (κ1) is 14.9. The summed E-state index contributed by atoms with van der Waals surface area (Å²) in [6, 6.07) is 15.8. The van der Waals surface area contributed by atoms with Crippen LogP contribution in [0, 0.1) is 0 Å². The molecule has 2 aromatic carbocycles. The molecule has 3 rings (SSSR count). The molecule has 1 heterocycles. The fourth-order valence-electron chi connectivity index (χ4n) is 2.58. The summed E-state index contributed by atoms with van der Waals surface area (Å²) in [4.78, 5) is 4.74. The van der Waals surface area contributed by atoms with Crippen LogP contribution in [0.25, 0.3) is 11.0 Å². The molecule has 0 saturated carbocycles. The van der Waals surface area contributed by atoms with Crippen molar-refractivity contribution < 1.29 is 4.74 Å². The van der Waals surface area contributed by atoms with Crippen molar-refractivity contribution in [1.29, 1.82) is 0 Å². The van der Waals surface area contributed by atoms with Crippen LogP contribution < -0.4 is 4.74 Å². The van der Waals surface area contributed by atoms with E-state index in [0.29, 0.717) is 17.5 Å². The number of nitrogens with zero attached hydrogens (tertiary/aromatic N) is 2. The zero-order valence-corrected chi connectivity index (χ0v) is 13.5. The molecule has 0 unspecified atom stereocenters. The van der Waals surface area contributed by atoms with E-state index in [-0.39, 0.29) is 0 Å². The van der Waals surface area contributed by atoms with Gasteiger partial charge in [-0.15, -0.1) is 0 Å². The first-order valence-electron chi connectivity index (χ1n) is 7.49. The summed E-state index contributed by atoms with van der Waals surface area (Å²) in [5.41, 5.74) is 2.18. The fraction of sp³-hybridized carbons (Fsp3) is 0.278. The molecular formula is C18H19ClN2O. The van der Waals surface area contributed by atoms with E-state index in [1.165, 1.54) is 0 Å². The van der Waals surface area contributed by atoms with E-state index < -0.39 is 0 Å². The Bertz CT molecular complexity index is 780. The number of fused-ring (bicyclic) bond motifs is 1. The van der Waals surface area contributed by atoms with Gasteiger partial charge < -0.3 is 9.30 Å². The molecule has 0 amide bonds. The van der Waals surface area contributed by atoms with Crippen LogP contribution in [-0.2, 0) is 6.54 Å². The minimum Gasteiger partial charge on any atom is -0.490 e. The molecular weight excluding hydrogens is 296 g/mol. The summed E-state index contributed by atoms with van der Waals surface area (Å²) >= 11 is 6.12. The molecule has 0 aliphatic carbocycles. The van der Waals surface area contributed by atoms with Gasteiger partial charge in [0.1, 0.15) is 18.2 Å². The van der Waals surface area contributed by atoms with Crippen molar-refractivity contribution in [3.8, 4) is 5.75 Å². The quantitative estimate of drug-likeness (QED) is 0.670. The van der Waals surface area contributed by atoms with Crippen LogP contribution in [0.2, 0.25) is 5.02 Å². The number of ether oxygens (including phenoxy) is 1. The first-order valence-corrected chi connectivity index (χ1v) is 7.87. The van der Waals surface area contributed by atoms with Crippen LogP contribution in [0.15, 0.2) is 48.5 Å². The van der Waals surface area contributed by atoms with Gasteiger partial charge in [0.05, 0.1) is 22.6 Å². The molecule has 0 aliphatic rings. The molecule has 0 bridgehead atoms. The number of para-hydroxylation sites is 3. The van der Waals surface area contributed by atoms with Gasteiger partial charge in [-0.3, -0.25) is 0 Å². The molecule has 4 heteroatoms. The number of hydrogen-bond donors (Lipinski definition) is 0. The highest BCUT2D eigenvalue weighted by atomic mass is 35.5. The van der Waals surface area contributed by atoms with Gasteiger partial charge in [-0.2, -0.15) is 0 Å². The second-order valence-corrected chi connectivity index (χ2v) is 5.95. The minimum atomic E-state index is 0.368. The summed E-state index contributed by atoms with van der Waals surface area (Å²) in [6.07, 6.45) is 0. The largest absolute Gasteiger partial charge is 0.490 e. The van der Waals surface area contributed by atoms with Crippen molar-refractivity contribution in [2.75, 3.05) is 6.61 Å². The molecule has 0 spiro atoms. The third kappa shape index (κ3) is 2.95. The lowest BCUT2D eigenvalue weighted by Crippen LogP contribution is -2.12. The van der Waals surface area contributed by atoms with E-state index in [1.807, 2.05) is 42.5 Å². The highest BCUT2D eigenvalue weighted by Gasteiger charge is 2.13. The molecule has 0 fully saturated rings. The number of imidazole rings is 1. The van der Waals surface area contributed by atoms with Crippen LogP contribution in [0.5, 0.6) is 5.75 Å². The molecule has 0 atom stereocenters. The summed E-state index contributed by atoms with van der Waals surface area (Å²) in [5.74, 6) is 2.18. The average Bonchev–Trinajstić information content (AvgIpc) is 2.88. The molecule has 0 radical (unpaired) electrons. The zero-order chi connectivity index (χ0) is 15.5.